The van der Waals surface area contributed by atoms with Gasteiger partial charge in [0.2, 0.25) is 0 Å². The summed E-state index contributed by atoms with van der Waals surface area (Å²) in [6.45, 7) is 7.15. The van der Waals surface area contributed by atoms with Crippen LogP contribution in [0.2, 0.25) is 0 Å². The number of ketones is 1. The number of carbonyl (C=O) groups is 1. The Morgan fingerprint density at radius 1 is 1.35 bits per heavy atom. The van der Waals surface area contributed by atoms with Crippen molar-refractivity contribution in [3.8, 4) is 0 Å². The molecule has 0 aromatic heterocycles. The second kappa shape index (κ2) is 5.80. The lowest BCUT2D eigenvalue weighted by atomic mass is 9.89. The van der Waals surface area contributed by atoms with Crippen molar-refractivity contribution < 1.29 is 19.7 Å². The van der Waals surface area contributed by atoms with Crippen LogP contribution in [0, 0.1) is 0 Å². The molecule has 2 N–H and O–H groups in total. The van der Waals surface area contributed by atoms with Crippen LogP contribution < -0.4 is 0 Å². The molecule has 0 bridgehead atoms. The molecule has 1 saturated heterocycles. The fourth-order valence-corrected chi connectivity index (χ4v) is 2.05. The maximum atomic E-state index is 12.0. The van der Waals surface area contributed by atoms with E-state index >= 15 is 0 Å². The van der Waals surface area contributed by atoms with Crippen LogP contribution in [0.1, 0.15) is 19.3 Å². The highest BCUT2D eigenvalue weighted by Gasteiger charge is 2.51. The topological polar surface area (TPSA) is 66.8 Å². The highest BCUT2D eigenvalue weighted by Crippen LogP contribution is 2.35. The van der Waals surface area contributed by atoms with Gasteiger partial charge in [0.05, 0.1) is 12.4 Å². The second-order valence-electron chi connectivity index (χ2n) is 4.07. The summed E-state index contributed by atoms with van der Waals surface area (Å²) >= 11 is 0. The molecule has 4 heteroatoms. The number of carbonyl (C=O) groups excluding carboxylic acids is 1. The summed E-state index contributed by atoms with van der Waals surface area (Å²) in [5, 5.41) is 18.5. The molecule has 17 heavy (non-hydrogen) atoms. The molecule has 1 fully saturated rings. The molecule has 0 spiro atoms. The van der Waals surface area contributed by atoms with Crippen LogP contribution in [0.4, 0.5) is 0 Å². The van der Waals surface area contributed by atoms with E-state index in [4.69, 9.17) is 9.84 Å². The summed E-state index contributed by atoms with van der Waals surface area (Å²) in [6.07, 6.45) is 4.72. The summed E-state index contributed by atoms with van der Waals surface area (Å²) < 4.78 is 5.65. The third-order valence-electron chi connectivity index (χ3n) is 2.87. The molecule has 0 amide bonds. The molecule has 0 aromatic carbocycles. The number of hydrogen-bond donors (Lipinski definition) is 2. The Morgan fingerprint density at radius 3 is 2.59 bits per heavy atom. The van der Waals surface area contributed by atoms with Gasteiger partial charge in [-0.05, 0) is 12.5 Å². The average molecular weight is 238 g/mol. The quantitative estimate of drug-likeness (QED) is 0.545. The maximum absolute atomic E-state index is 12.0. The molecule has 0 radical (unpaired) electrons. The molecule has 4 nitrogen and oxygen atoms in total. The smallest absolute Gasteiger partial charge is 0.196 e. The number of rotatable bonds is 6. The van der Waals surface area contributed by atoms with Gasteiger partial charge in [0.15, 0.2) is 5.78 Å². The molecule has 0 aromatic rings. The summed E-state index contributed by atoms with van der Waals surface area (Å²) in [4.78, 5) is 12.0. The lowest BCUT2D eigenvalue weighted by Gasteiger charge is -2.24. The largest absolute Gasteiger partial charge is 0.516 e. The Labute approximate surface area is 101 Å². The Kier molecular flexibility index (Phi) is 4.66. The normalized spacial score (nSPS) is 33.1. The lowest BCUT2D eigenvalue weighted by molar-refractivity contribution is -0.134. The van der Waals surface area contributed by atoms with Crippen LogP contribution in [-0.2, 0) is 9.53 Å². The first-order chi connectivity index (χ1) is 8.11. The van der Waals surface area contributed by atoms with Crippen LogP contribution >= 0.6 is 0 Å². The van der Waals surface area contributed by atoms with Crippen molar-refractivity contribution in [2.75, 3.05) is 0 Å². The number of Topliss-reactive ketones (excluding diaryl/α,β-unsaturated/α-hetero) is 1. The molecule has 0 aliphatic carbocycles. The van der Waals surface area contributed by atoms with E-state index in [1.54, 1.807) is 12.2 Å². The molecular weight excluding hydrogens is 220 g/mol. The van der Waals surface area contributed by atoms with Gasteiger partial charge >= 0.3 is 0 Å². The minimum absolute atomic E-state index is 0.221. The van der Waals surface area contributed by atoms with E-state index in [0.29, 0.717) is 12.8 Å². The minimum atomic E-state index is -1.14. The summed E-state index contributed by atoms with van der Waals surface area (Å²) in [5.74, 6) is -0.359. The lowest BCUT2D eigenvalue weighted by Crippen LogP contribution is -2.38. The average Bonchev–Trinajstić information content (AvgIpc) is 2.54. The number of aliphatic hydroxyl groups is 2. The van der Waals surface area contributed by atoms with Crippen molar-refractivity contribution in [1.82, 2.24) is 0 Å². The Bertz CT molecular complexity index is 334. The fraction of sp³-hybridized carbons (Fsp3) is 0.462. The zero-order valence-corrected chi connectivity index (χ0v) is 9.71. The highest BCUT2D eigenvalue weighted by molar-refractivity contribution is 5.93. The van der Waals surface area contributed by atoms with Crippen molar-refractivity contribution in [2.24, 2.45) is 0 Å². The first-order valence-corrected chi connectivity index (χ1v) is 5.52. The molecule has 1 rings (SSSR count). The minimum Gasteiger partial charge on any atom is -0.516 e. The van der Waals surface area contributed by atoms with E-state index in [1.807, 2.05) is 0 Å². The summed E-state index contributed by atoms with van der Waals surface area (Å²) in [5.41, 5.74) is -1.10. The number of hydrogen-bond acceptors (Lipinski definition) is 4. The zero-order chi connectivity index (χ0) is 12.9. The van der Waals surface area contributed by atoms with Crippen molar-refractivity contribution in [1.29, 1.82) is 0 Å². The van der Waals surface area contributed by atoms with Gasteiger partial charge in [0, 0.05) is 12.8 Å². The van der Waals surface area contributed by atoms with E-state index in [9.17, 15) is 9.90 Å². The Balaban J connectivity index is 2.93. The van der Waals surface area contributed by atoms with Gasteiger partial charge in [0.25, 0.3) is 0 Å². The summed E-state index contributed by atoms with van der Waals surface area (Å²) in [6, 6.07) is 0. The van der Waals surface area contributed by atoms with Crippen molar-refractivity contribution in [2.45, 2.75) is 37.1 Å². The number of aliphatic hydroxyl groups excluding tert-OH is 2. The summed E-state index contributed by atoms with van der Waals surface area (Å²) in [7, 11) is 0. The van der Waals surface area contributed by atoms with Gasteiger partial charge < -0.3 is 14.9 Å². The van der Waals surface area contributed by atoms with Crippen LogP contribution in [0.3, 0.4) is 0 Å². The molecule has 1 aliphatic heterocycles. The second-order valence-corrected chi connectivity index (χ2v) is 4.07. The van der Waals surface area contributed by atoms with Gasteiger partial charge in [-0.25, -0.2) is 0 Å². The van der Waals surface area contributed by atoms with E-state index in [1.165, 1.54) is 6.08 Å². The first-order valence-electron chi connectivity index (χ1n) is 5.52. The molecule has 1 aliphatic rings. The highest BCUT2D eigenvalue weighted by atomic mass is 16.5. The van der Waals surface area contributed by atoms with Gasteiger partial charge in [0.1, 0.15) is 11.7 Å². The van der Waals surface area contributed by atoms with Crippen molar-refractivity contribution in [3.05, 3.63) is 37.6 Å². The predicted octanol–water partition coefficient (Wildman–Crippen LogP) is 1.67. The van der Waals surface area contributed by atoms with Gasteiger partial charge in [-0.2, -0.15) is 0 Å². The van der Waals surface area contributed by atoms with Crippen molar-refractivity contribution in [3.63, 3.8) is 0 Å². The predicted molar refractivity (Wildman–Crippen MR) is 64.6 cm³/mol. The molecule has 1 heterocycles. The molecule has 94 valence electrons. The molecular formula is C13H18O4. The molecule has 3 unspecified atom stereocenters. The van der Waals surface area contributed by atoms with Crippen molar-refractivity contribution >= 4 is 5.78 Å². The monoisotopic (exact) mass is 238 g/mol. The standard InChI is InChI=1S/C13H18O4/c1-3-6-10-11(15)12(16)13(17-10,7-4-2)8-5-9-14/h3-5,9-11,14-15H,1-2,6-8H2. The van der Waals surface area contributed by atoms with Crippen LogP contribution in [0.25, 0.3) is 0 Å². The van der Waals surface area contributed by atoms with E-state index < -0.39 is 17.8 Å². The SMILES string of the molecule is C=CCC1OC(CC=C)(CC=CO)C(=O)C1O. The van der Waals surface area contributed by atoms with Crippen LogP contribution in [0.15, 0.2) is 37.6 Å². The van der Waals surface area contributed by atoms with Crippen LogP contribution in [0.5, 0.6) is 0 Å². The number of ether oxygens (including phenoxy) is 1. The Hall–Kier alpha value is -1.39. The zero-order valence-electron chi connectivity index (χ0n) is 9.71. The van der Waals surface area contributed by atoms with E-state index in [0.717, 1.165) is 6.26 Å². The third kappa shape index (κ3) is 2.65. The maximum Gasteiger partial charge on any atom is 0.196 e. The van der Waals surface area contributed by atoms with Gasteiger partial charge in [-0.15, -0.1) is 13.2 Å². The molecule has 0 saturated carbocycles. The van der Waals surface area contributed by atoms with Gasteiger partial charge in [-0.1, -0.05) is 12.2 Å². The van der Waals surface area contributed by atoms with E-state index in [-0.39, 0.29) is 12.2 Å². The molecule has 3 atom stereocenters. The van der Waals surface area contributed by atoms with Crippen LogP contribution in [-0.4, -0.2) is 33.8 Å². The fourth-order valence-electron chi connectivity index (χ4n) is 2.05. The van der Waals surface area contributed by atoms with E-state index in [2.05, 4.69) is 13.2 Å². The van der Waals surface area contributed by atoms with Gasteiger partial charge in [-0.3, -0.25) is 4.79 Å². The Morgan fingerprint density at radius 2 is 2.06 bits per heavy atom. The first kappa shape index (κ1) is 13.7. The third-order valence-corrected chi connectivity index (χ3v) is 2.87.